The quantitative estimate of drug-likeness (QED) is 0.108. The average molecular weight is 767 g/mol. The summed E-state index contributed by atoms with van der Waals surface area (Å²) in [4.78, 5) is 0. The Balaban J connectivity index is 1.11. The third-order valence-electron chi connectivity index (χ3n) is 15.4. The molecule has 1 nitrogen and oxygen atoms in total. The van der Waals surface area contributed by atoms with E-state index in [1.54, 1.807) is 12.1 Å². The zero-order valence-electron chi connectivity index (χ0n) is 34.5. The average Bonchev–Trinajstić information content (AvgIpc) is 3.22. The maximum atomic E-state index is 14.9. The first-order valence-electron chi connectivity index (χ1n) is 23.4. The Morgan fingerprint density at radius 2 is 0.782 bits per heavy atom. The van der Waals surface area contributed by atoms with E-state index in [2.05, 4.69) is 13.8 Å². The molecule has 308 valence electrons. The Kier molecular flexibility index (Phi) is 16.9. The van der Waals surface area contributed by atoms with Gasteiger partial charge in [-0.15, -0.1) is 0 Å². The first-order valence-corrected chi connectivity index (χ1v) is 23.4. The Bertz CT molecular complexity index is 1290. The van der Waals surface area contributed by atoms with Gasteiger partial charge >= 0.3 is 0 Å². The predicted molar refractivity (Wildman–Crippen MR) is 219 cm³/mol. The van der Waals surface area contributed by atoms with E-state index in [1.807, 2.05) is 0 Å². The Hall–Kier alpha value is -1.88. The summed E-state index contributed by atoms with van der Waals surface area (Å²) in [5.41, 5.74) is 1.33. The molecule has 0 amide bonds. The van der Waals surface area contributed by atoms with E-state index < -0.39 is 35.5 Å². The van der Waals surface area contributed by atoms with Crippen molar-refractivity contribution in [1.29, 1.82) is 0 Å². The first kappa shape index (κ1) is 42.7. The van der Waals surface area contributed by atoms with Gasteiger partial charge in [-0.25, -0.2) is 17.6 Å². The molecule has 55 heavy (non-hydrogen) atoms. The zero-order chi connectivity index (χ0) is 38.6. The van der Waals surface area contributed by atoms with E-state index in [1.165, 1.54) is 140 Å². The molecular weight excluding hydrogens is 693 g/mol. The summed E-state index contributed by atoms with van der Waals surface area (Å²) in [7, 11) is 0. The molecule has 2 aromatic carbocycles. The number of rotatable bonds is 18. The zero-order valence-corrected chi connectivity index (χ0v) is 34.5. The third-order valence-corrected chi connectivity index (χ3v) is 15.4. The SMILES string of the molecule is CCCCCC[C@H]1CC[C@H]([C@H]2CC[C@H](C(OC(c3ccc(F)c(F)c3)[C@H]3CC[C@H]([C@H]4CC[C@H](CCCCCC)CC4)CC3)c3ccc(F)c(F)c3)CC2)CC1. The minimum atomic E-state index is -0.855. The van der Waals surface area contributed by atoms with Crippen LogP contribution < -0.4 is 0 Å². The van der Waals surface area contributed by atoms with E-state index in [0.29, 0.717) is 11.1 Å². The third kappa shape index (κ3) is 12.1. The molecule has 0 N–H and O–H groups in total. The molecule has 0 aromatic heterocycles. The smallest absolute Gasteiger partial charge is 0.159 e. The summed E-state index contributed by atoms with van der Waals surface area (Å²) in [6, 6.07) is 8.49. The van der Waals surface area contributed by atoms with Gasteiger partial charge in [0, 0.05) is 0 Å². The van der Waals surface area contributed by atoms with Crippen LogP contribution in [0.15, 0.2) is 36.4 Å². The van der Waals surface area contributed by atoms with Gasteiger partial charge in [-0.1, -0.05) is 116 Å². The molecule has 2 atom stereocenters. The molecular formula is C50H74F4O. The fraction of sp³-hybridized carbons (Fsp3) is 0.760. The molecule has 0 spiro atoms. The minimum Gasteiger partial charge on any atom is -0.365 e. The molecule has 4 aliphatic rings. The van der Waals surface area contributed by atoms with Gasteiger partial charge in [0.25, 0.3) is 0 Å². The van der Waals surface area contributed by atoms with Gasteiger partial charge in [-0.3, -0.25) is 0 Å². The standard InChI is InChI=1S/C50H74F4O/c1-3-5-7-9-11-35-13-17-37(18-14-35)39-21-25-41(26-22-39)49(43-29-31-45(51)47(53)33-43)55-50(44-30-32-46(52)48(54)34-44)42-27-23-40(24-28-42)38-19-15-36(16-20-38)12-10-8-6-4-2/h29-42,49-50H,3-28H2,1-2H3/t35-,36-,37-,38-,39-,40-,41-,42-,49?,50?. The van der Waals surface area contributed by atoms with Crippen LogP contribution in [-0.2, 0) is 4.74 Å². The van der Waals surface area contributed by atoms with E-state index in [0.717, 1.165) is 86.9 Å². The van der Waals surface area contributed by atoms with Crippen molar-refractivity contribution in [3.63, 3.8) is 0 Å². The summed E-state index contributed by atoms with van der Waals surface area (Å²) in [6.07, 6.45) is 32.1. The lowest BCUT2D eigenvalue weighted by atomic mass is 9.67. The van der Waals surface area contributed by atoms with Gasteiger partial charge in [-0.05, 0) is 160 Å². The molecule has 6 rings (SSSR count). The topological polar surface area (TPSA) is 9.23 Å². The van der Waals surface area contributed by atoms with Gasteiger partial charge in [0.2, 0.25) is 0 Å². The van der Waals surface area contributed by atoms with Crippen LogP contribution in [0.25, 0.3) is 0 Å². The lowest BCUT2D eigenvalue weighted by molar-refractivity contribution is -0.0937. The van der Waals surface area contributed by atoms with Crippen LogP contribution in [-0.4, -0.2) is 0 Å². The van der Waals surface area contributed by atoms with Crippen LogP contribution in [0.2, 0.25) is 0 Å². The molecule has 0 radical (unpaired) electrons. The maximum Gasteiger partial charge on any atom is 0.159 e. The van der Waals surface area contributed by atoms with Crippen LogP contribution in [0.1, 0.15) is 204 Å². The maximum absolute atomic E-state index is 14.9. The van der Waals surface area contributed by atoms with Crippen LogP contribution in [0, 0.1) is 70.6 Å². The van der Waals surface area contributed by atoms with Crippen molar-refractivity contribution in [2.45, 2.75) is 193 Å². The molecule has 5 heteroatoms. The molecule has 4 aliphatic carbocycles. The molecule has 2 aromatic rings. The second-order valence-electron chi connectivity index (χ2n) is 18.9. The van der Waals surface area contributed by atoms with E-state index in [4.69, 9.17) is 4.74 Å². The van der Waals surface area contributed by atoms with Crippen LogP contribution in [0.4, 0.5) is 17.6 Å². The van der Waals surface area contributed by atoms with Crippen molar-refractivity contribution in [1.82, 2.24) is 0 Å². The number of hydrogen-bond donors (Lipinski definition) is 0. The predicted octanol–water partition coefficient (Wildman–Crippen LogP) is 16.2. The van der Waals surface area contributed by atoms with Crippen LogP contribution >= 0.6 is 0 Å². The second-order valence-corrected chi connectivity index (χ2v) is 18.9. The summed E-state index contributed by atoms with van der Waals surface area (Å²) < 4.78 is 65.6. The fourth-order valence-electron chi connectivity index (χ4n) is 11.9. The highest BCUT2D eigenvalue weighted by Crippen LogP contribution is 2.50. The van der Waals surface area contributed by atoms with Crippen molar-refractivity contribution in [3.8, 4) is 0 Å². The molecule has 4 saturated carbocycles. The normalized spacial score (nSPS) is 30.2. The summed E-state index contributed by atoms with van der Waals surface area (Å²) in [5.74, 6) is 1.74. The highest BCUT2D eigenvalue weighted by atomic mass is 19.2. The van der Waals surface area contributed by atoms with Gasteiger partial charge in [0.05, 0.1) is 12.2 Å². The number of ether oxygens (including phenoxy) is 1. The number of halogens is 4. The highest BCUT2D eigenvalue weighted by molar-refractivity contribution is 5.24. The largest absolute Gasteiger partial charge is 0.365 e. The first-order chi connectivity index (χ1) is 26.8. The van der Waals surface area contributed by atoms with Crippen molar-refractivity contribution in [2.24, 2.45) is 47.3 Å². The number of hydrogen-bond acceptors (Lipinski definition) is 1. The van der Waals surface area contributed by atoms with Crippen LogP contribution in [0.3, 0.4) is 0 Å². The summed E-state index contributed by atoms with van der Waals surface area (Å²) in [6.45, 7) is 4.56. The van der Waals surface area contributed by atoms with Gasteiger partial charge in [0.15, 0.2) is 23.3 Å². The molecule has 4 fully saturated rings. The summed E-state index contributed by atoms with van der Waals surface area (Å²) in [5, 5.41) is 0. The minimum absolute atomic E-state index is 0.164. The van der Waals surface area contributed by atoms with Gasteiger partial charge in [0.1, 0.15) is 0 Å². The van der Waals surface area contributed by atoms with Crippen molar-refractivity contribution < 1.29 is 22.3 Å². The molecule has 0 aliphatic heterocycles. The molecule has 0 bridgehead atoms. The van der Waals surface area contributed by atoms with Gasteiger partial charge in [-0.2, -0.15) is 0 Å². The van der Waals surface area contributed by atoms with Crippen molar-refractivity contribution >= 4 is 0 Å². The van der Waals surface area contributed by atoms with E-state index in [9.17, 15) is 17.6 Å². The molecule has 0 heterocycles. The second kappa shape index (κ2) is 21.8. The van der Waals surface area contributed by atoms with Gasteiger partial charge < -0.3 is 4.74 Å². The fourth-order valence-corrected chi connectivity index (χ4v) is 11.9. The lowest BCUT2D eigenvalue weighted by Gasteiger charge is -2.43. The number of benzene rings is 2. The van der Waals surface area contributed by atoms with Crippen molar-refractivity contribution in [2.75, 3.05) is 0 Å². The molecule has 2 unspecified atom stereocenters. The lowest BCUT2D eigenvalue weighted by Crippen LogP contribution is -2.31. The highest BCUT2D eigenvalue weighted by Gasteiger charge is 2.39. The Labute approximate surface area is 332 Å². The summed E-state index contributed by atoms with van der Waals surface area (Å²) >= 11 is 0. The monoisotopic (exact) mass is 767 g/mol. The Morgan fingerprint density at radius 3 is 1.11 bits per heavy atom. The molecule has 0 saturated heterocycles. The van der Waals surface area contributed by atoms with Crippen LogP contribution in [0.5, 0.6) is 0 Å². The van der Waals surface area contributed by atoms with Crippen molar-refractivity contribution in [3.05, 3.63) is 70.8 Å². The Morgan fingerprint density at radius 1 is 0.436 bits per heavy atom. The van der Waals surface area contributed by atoms with E-state index in [-0.39, 0.29) is 11.8 Å². The number of unbranched alkanes of at least 4 members (excludes halogenated alkanes) is 6. The van der Waals surface area contributed by atoms with E-state index >= 15 is 0 Å².